The van der Waals surface area contributed by atoms with E-state index in [0.717, 1.165) is 5.56 Å². The van der Waals surface area contributed by atoms with Gasteiger partial charge in [0, 0.05) is 19.7 Å². The van der Waals surface area contributed by atoms with Gasteiger partial charge in [0.15, 0.2) is 11.4 Å². The summed E-state index contributed by atoms with van der Waals surface area (Å²) in [5.41, 5.74) is -0.614. The third kappa shape index (κ3) is 7.15. The molecule has 0 aliphatic carbocycles. The lowest BCUT2D eigenvalue weighted by molar-refractivity contribution is -0.137. The van der Waals surface area contributed by atoms with Gasteiger partial charge in [-0.15, -0.1) is 0 Å². The monoisotopic (exact) mass is 615 g/mol. The summed E-state index contributed by atoms with van der Waals surface area (Å²) in [5, 5.41) is 7.78. The number of rotatable bonds is 10. The van der Waals surface area contributed by atoms with Gasteiger partial charge in [0.2, 0.25) is 5.95 Å². The minimum atomic E-state index is -4.79. The summed E-state index contributed by atoms with van der Waals surface area (Å²) in [4.78, 5) is 33.6. The van der Waals surface area contributed by atoms with Crippen LogP contribution in [0.5, 0.6) is 5.75 Å². The van der Waals surface area contributed by atoms with E-state index >= 15 is 0 Å². The van der Waals surface area contributed by atoms with Gasteiger partial charge in [-0.25, -0.2) is 9.97 Å². The first kappa shape index (κ1) is 29.2. The number of anilines is 4. The molecule has 38 heavy (non-hydrogen) atoms. The maximum Gasteiger partial charge on any atom is 0.508 e. The van der Waals surface area contributed by atoms with Crippen LogP contribution in [-0.4, -0.2) is 45.6 Å². The van der Waals surface area contributed by atoms with Crippen LogP contribution in [0.25, 0.3) is 0 Å². The maximum atomic E-state index is 13.8. The van der Waals surface area contributed by atoms with Crippen LogP contribution in [0.15, 0.2) is 41.1 Å². The highest BCUT2D eigenvalue weighted by molar-refractivity contribution is 9.10. The number of alkyl halides is 3. The van der Waals surface area contributed by atoms with Crippen LogP contribution in [0.1, 0.15) is 35.0 Å². The molecule has 0 bridgehead atoms. The lowest BCUT2D eigenvalue weighted by Crippen LogP contribution is -2.21. The first-order chi connectivity index (χ1) is 18.0. The number of nitrogens with one attached hydrogen (secondary N) is 3. The van der Waals surface area contributed by atoms with E-state index in [1.165, 1.54) is 26.3 Å². The van der Waals surface area contributed by atoms with E-state index in [0.29, 0.717) is 35.1 Å². The van der Waals surface area contributed by atoms with Crippen molar-refractivity contribution in [1.29, 1.82) is 0 Å². The quantitative estimate of drug-likeness (QED) is 0.170. The van der Waals surface area contributed by atoms with Crippen molar-refractivity contribution >= 4 is 53.0 Å². The highest BCUT2D eigenvalue weighted by Crippen LogP contribution is 2.37. The van der Waals surface area contributed by atoms with E-state index in [2.05, 4.69) is 46.8 Å². The molecular weight excluding hydrogens is 592 g/mol. The first-order valence-electron chi connectivity index (χ1n) is 11.2. The number of halogens is 4. The van der Waals surface area contributed by atoms with Crippen molar-refractivity contribution in [2.75, 3.05) is 24.8 Å². The Morgan fingerprint density at radius 2 is 1.89 bits per heavy atom. The van der Waals surface area contributed by atoms with Crippen LogP contribution in [-0.2, 0) is 17.2 Å². The highest BCUT2D eigenvalue weighted by atomic mass is 79.9. The van der Waals surface area contributed by atoms with E-state index in [9.17, 15) is 27.4 Å². The molecular formula is C23H24BrF3N6O4P+. The molecule has 3 rings (SSSR count). The molecule has 3 aromatic rings. The van der Waals surface area contributed by atoms with Gasteiger partial charge in [0.1, 0.15) is 21.7 Å². The Bertz CT molecular complexity index is 1340. The molecule has 0 aliphatic rings. The van der Waals surface area contributed by atoms with Crippen molar-refractivity contribution in [3.05, 3.63) is 58.0 Å². The Morgan fingerprint density at radius 3 is 2.50 bits per heavy atom. The average molecular weight is 616 g/mol. The van der Waals surface area contributed by atoms with E-state index in [1.807, 2.05) is 6.92 Å². The SMILES string of the molecule is CCC(Cc1ccc(Nc2ncc(C(F)(F)F)c(Nc3ccc(Br)nc3C(=O)NC)n2)c(OC)c1)[P+](=O)O. The summed E-state index contributed by atoms with van der Waals surface area (Å²) in [6.45, 7) is 1.82. The number of ether oxygens (including phenoxy) is 1. The minimum Gasteiger partial charge on any atom is -0.495 e. The molecule has 0 fully saturated rings. The molecule has 0 saturated heterocycles. The van der Waals surface area contributed by atoms with Crippen LogP contribution < -0.4 is 20.7 Å². The molecule has 1 amide bonds. The van der Waals surface area contributed by atoms with Gasteiger partial charge in [-0.1, -0.05) is 13.0 Å². The number of benzene rings is 1. The smallest absolute Gasteiger partial charge is 0.495 e. The van der Waals surface area contributed by atoms with Crippen LogP contribution in [0.3, 0.4) is 0 Å². The molecule has 0 saturated carbocycles. The molecule has 0 aliphatic heterocycles. The van der Waals surface area contributed by atoms with E-state index in [1.54, 1.807) is 18.2 Å². The number of hydrogen-bond acceptors (Lipinski definition) is 8. The zero-order valence-corrected chi connectivity index (χ0v) is 22.9. The van der Waals surface area contributed by atoms with E-state index < -0.39 is 37.2 Å². The molecule has 4 N–H and O–H groups in total. The zero-order chi connectivity index (χ0) is 28.0. The highest BCUT2D eigenvalue weighted by Gasteiger charge is 2.36. The summed E-state index contributed by atoms with van der Waals surface area (Å²) < 4.78 is 58.5. The van der Waals surface area contributed by atoms with Gasteiger partial charge < -0.3 is 20.7 Å². The fraction of sp³-hybridized carbons (Fsp3) is 0.304. The number of amides is 1. The molecule has 0 spiro atoms. The third-order valence-corrected chi connectivity index (χ3v) is 7.03. The van der Waals surface area contributed by atoms with Gasteiger partial charge in [-0.2, -0.15) is 23.0 Å². The van der Waals surface area contributed by atoms with Crippen molar-refractivity contribution < 1.29 is 32.2 Å². The topological polar surface area (TPSA) is 138 Å². The second-order valence-corrected chi connectivity index (χ2v) is 10.1. The summed E-state index contributed by atoms with van der Waals surface area (Å²) in [6.07, 6.45) is -3.31. The number of aromatic nitrogens is 3. The lowest BCUT2D eigenvalue weighted by atomic mass is 10.1. The molecule has 15 heteroatoms. The van der Waals surface area contributed by atoms with E-state index in [4.69, 9.17) is 4.74 Å². The van der Waals surface area contributed by atoms with Crippen molar-refractivity contribution in [3.63, 3.8) is 0 Å². The lowest BCUT2D eigenvalue weighted by Gasteiger charge is -2.17. The summed E-state index contributed by atoms with van der Waals surface area (Å²) in [5.74, 6) is -1.06. The predicted octanol–water partition coefficient (Wildman–Crippen LogP) is 5.56. The molecule has 202 valence electrons. The normalized spacial score (nSPS) is 12.5. The Balaban J connectivity index is 1.97. The Labute approximate surface area is 225 Å². The van der Waals surface area contributed by atoms with Gasteiger partial charge in [0.25, 0.3) is 5.91 Å². The van der Waals surface area contributed by atoms with Crippen molar-refractivity contribution in [2.45, 2.75) is 31.6 Å². The Hall–Kier alpha value is -3.35. The van der Waals surface area contributed by atoms with Crippen molar-refractivity contribution in [2.24, 2.45) is 0 Å². The van der Waals surface area contributed by atoms with Crippen LogP contribution in [0.4, 0.5) is 36.3 Å². The van der Waals surface area contributed by atoms with Gasteiger partial charge in [0.05, 0.1) is 18.5 Å². The fourth-order valence-corrected chi connectivity index (χ4v) is 4.43. The molecule has 1 aromatic carbocycles. The summed E-state index contributed by atoms with van der Waals surface area (Å²) >= 11 is 3.14. The number of nitrogens with zero attached hydrogens (tertiary/aromatic N) is 3. The molecule has 2 unspecified atom stereocenters. The fourth-order valence-electron chi connectivity index (χ4n) is 3.44. The number of pyridine rings is 1. The third-order valence-electron chi connectivity index (χ3n) is 5.42. The summed E-state index contributed by atoms with van der Waals surface area (Å²) in [6, 6.07) is 7.84. The van der Waals surface area contributed by atoms with Gasteiger partial charge in [-0.3, -0.25) is 4.79 Å². The van der Waals surface area contributed by atoms with Gasteiger partial charge in [-0.05, 0) is 56.7 Å². The second-order valence-electron chi connectivity index (χ2n) is 7.92. The Morgan fingerprint density at radius 1 is 1.18 bits per heavy atom. The number of carbonyl (C=O) groups excluding carboxylic acids is 1. The largest absolute Gasteiger partial charge is 0.508 e. The summed E-state index contributed by atoms with van der Waals surface area (Å²) in [7, 11) is 0.427. The van der Waals surface area contributed by atoms with Gasteiger partial charge >= 0.3 is 14.2 Å². The zero-order valence-electron chi connectivity index (χ0n) is 20.4. The number of carbonyl (C=O) groups is 1. The minimum absolute atomic E-state index is 0.00247. The number of methoxy groups -OCH3 is 1. The molecule has 2 heterocycles. The van der Waals surface area contributed by atoms with Crippen molar-refractivity contribution in [3.8, 4) is 5.75 Å². The first-order valence-corrected chi connectivity index (χ1v) is 13.2. The molecule has 10 nitrogen and oxygen atoms in total. The molecule has 2 aromatic heterocycles. The van der Waals surface area contributed by atoms with Crippen LogP contribution in [0, 0.1) is 0 Å². The van der Waals surface area contributed by atoms with E-state index in [-0.39, 0.29) is 17.3 Å². The predicted molar refractivity (Wildman–Crippen MR) is 140 cm³/mol. The number of hydrogen-bond donors (Lipinski definition) is 4. The maximum absolute atomic E-state index is 13.8. The Kier molecular flexibility index (Phi) is 9.58. The van der Waals surface area contributed by atoms with Crippen LogP contribution in [0.2, 0.25) is 0 Å². The van der Waals surface area contributed by atoms with Crippen molar-refractivity contribution in [1.82, 2.24) is 20.3 Å². The standard InChI is InChI=1S/C23H23BrF3N6O4P/c1-4-13(38(35)36)9-12-5-6-15(17(10-12)37-3)31-22-29-11-14(23(25,26)27)20(33-22)30-16-7-8-18(24)32-19(16)21(34)28-2/h5-8,10-11,13H,4,9H2,1-3H3,(H3-,28,29,30,31,33,34,35,36)/p+1. The molecule has 0 radical (unpaired) electrons. The molecule has 2 atom stereocenters. The van der Waals surface area contributed by atoms with Crippen LogP contribution >= 0.6 is 24.0 Å². The average Bonchev–Trinajstić information content (AvgIpc) is 2.87. The second kappa shape index (κ2) is 12.5.